The van der Waals surface area contributed by atoms with Crippen molar-refractivity contribution >= 4 is 29.6 Å². The van der Waals surface area contributed by atoms with E-state index in [1.165, 1.54) is 4.90 Å². The second-order valence-electron chi connectivity index (χ2n) is 7.73. The molecule has 182 valence electrons. The molecule has 0 aromatic heterocycles. The van der Waals surface area contributed by atoms with Gasteiger partial charge in [0.2, 0.25) is 23.6 Å². The van der Waals surface area contributed by atoms with Crippen LogP contribution in [0.3, 0.4) is 0 Å². The summed E-state index contributed by atoms with van der Waals surface area (Å²) >= 11 is 0. The Morgan fingerprint density at radius 1 is 1.06 bits per heavy atom. The number of carbonyl (C=O) groups is 5. The molecule has 1 aliphatic rings. The van der Waals surface area contributed by atoms with Crippen LogP contribution in [0.15, 0.2) is 0 Å². The monoisotopic (exact) mass is 458 g/mol. The Bertz CT molecular complexity index is 689. The lowest BCUT2D eigenvalue weighted by Gasteiger charge is -2.29. The number of aliphatic hydroxyl groups excluding tert-OH is 1. The second kappa shape index (κ2) is 13.6. The summed E-state index contributed by atoms with van der Waals surface area (Å²) in [7, 11) is 0. The molecule has 0 aliphatic carbocycles. The van der Waals surface area contributed by atoms with Crippen molar-refractivity contribution in [2.24, 2.45) is 17.2 Å². The van der Waals surface area contributed by atoms with Crippen LogP contribution in [0, 0.1) is 0 Å². The number of aliphatic hydroxyl groups is 1. The zero-order chi connectivity index (χ0) is 24.3. The largest absolute Gasteiger partial charge is 0.480 e. The first-order chi connectivity index (χ1) is 15.1. The fourth-order valence-electron chi connectivity index (χ4n) is 3.42. The highest BCUT2D eigenvalue weighted by atomic mass is 16.4. The first kappa shape index (κ1) is 27.3. The average Bonchev–Trinajstić information content (AvgIpc) is 3.23. The fourth-order valence-corrected chi connectivity index (χ4v) is 3.42. The SMILES string of the molecule is NCCCCC(N)C(=O)NC(CCC(N)=O)C(=O)N1CCCC1C(=O)NC(CO)C(=O)O. The third-order valence-electron chi connectivity index (χ3n) is 5.24. The normalized spacial score (nSPS) is 18.5. The molecule has 0 aromatic rings. The Morgan fingerprint density at radius 2 is 1.75 bits per heavy atom. The lowest BCUT2D eigenvalue weighted by Crippen LogP contribution is -2.57. The van der Waals surface area contributed by atoms with Crippen LogP contribution in [0.4, 0.5) is 0 Å². The number of aliphatic carboxylic acids is 1. The number of nitrogens with one attached hydrogen (secondary N) is 2. The molecule has 4 amide bonds. The van der Waals surface area contributed by atoms with E-state index in [9.17, 15) is 24.0 Å². The van der Waals surface area contributed by atoms with Crippen LogP contribution in [0.25, 0.3) is 0 Å². The molecule has 0 saturated carbocycles. The molecule has 13 nitrogen and oxygen atoms in total. The molecule has 1 rings (SSSR count). The smallest absolute Gasteiger partial charge is 0.328 e. The number of likely N-dealkylation sites (tertiary alicyclic amines) is 1. The van der Waals surface area contributed by atoms with Crippen LogP contribution in [0.5, 0.6) is 0 Å². The van der Waals surface area contributed by atoms with Gasteiger partial charge in [0.15, 0.2) is 0 Å². The van der Waals surface area contributed by atoms with Gasteiger partial charge in [-0.1, -0.05) is 6.42 Å². The summed E-state index contributed by atoms with van der Waals surface area (Å²) < 4.78 is 0. The van der Waals surface area contributed by atoms with Crippen LogP contribution in [-0.2, 0) is 24.0 Å². The van der Waals surface area contributed by atoms with Gasteiger partial charge in [-0.05, 0) is 38.6 Å². The van der Waals surface area contributed by atoms with Crippen LogP contribution in [-0.4, -0.2) is 88.6 Å². The molecule has 0 bridgehead atoms. The van der Waals surface area contributed by atoms with Crippen molar-refractivity contribution in [1.29, 1.82) is 0 Å². The Hall–Kier alpha value is -2.77. The number of unbranched alkanes of at least 4 members (excludes halogenated alkanes) is 1. The Kier molecular flexibility index (Phi) is 11.6. The molecular weight excluding hydrogens is 424 g/mol. The molecular formula is C19H34N6O7. The van der Waals surface area contributed by atoms with Gasteiger partial charge in [-0.25, -0.2) is 4.79 Å². The standard InChI is InChI=1S/C19H34N6O7/c20-8-2-1-4-11(21)16(28)23-12(6-7-15(22)27)18(30)25-9-3-5-14(25)17(29)24-13(10-26)19(31)32/h11-14,26H,1-10,20-21H2,(H2,22,27)(H,23,28)(H,24,29)(H,31,32). The first-order valence-corrected chi connectivity index (χ1v) is 10.6. The molecule has 1 fully saturated rings. The highest BCUT2D eigenvalue weighted by molar-refractivity contribution is 5.94. The van der Waals surface area contributed by atoms with E-state index >= 15 is 0 Å². The predicted octanol–water partition coefficient (Wildman–Crippen LogP) is -3.25. The number of nitrogens with two attached hydrogens (primary N) is 3. The van der Waals surface area contributed by atoms with Crippen LogP contribution < -0.4 is 27.8 Å². The molecule has 0 aromatic carbocycles. The number of amides is 4. The van der Waals surface area contributed by atoms with Crippen molar-refractivity contribution in [3.8, 4) is 0 Å². The van der Waals surface area contributed by atoms with Gasteiger partial charge in [-0.2, -0.15) is 0 Å². The highest BCUT2D eigenvalue weighted by Crippen LogP contribution is 2.20. The van der Waals surface area contributed by atoms with Gasteiger partial charge in [0.1, 0.15) is 18.1 Å². The van der Waals surface area contributed by atoms with Gasteiger partial charge in [-0.3, -0.25) is 19.2 Å². The van der Waals surface area contributed by atoms with Crippen molar-refractivity contribution in [2.45, 2.75) is 69.1 Å². The molecule has 1 aliphatic heterocycles. The van der Waals surface area contributed by atoms with Crippen molar-refractivity contribution < 1.29 is 34.2 Å². The average molecular weight is 459 g/mol. The fraction of sp³-hybridized carbons (Fsp3) is 0.737. The third kappa shape index (κ3) is 8.40. The molecule has 0 spiro atoms. The minimum absolute atomic E-state index is 0.0747. The van der Waals surface area contributed by atoms with E-state index in [2.05, 4.69) is 10.6 Å². The van der Waals surface area contributed by atoms with Gasteiger partial charge in [0.25, 0.3) is 0 Å². The Morgan fingerprint density at radius 3 is 2.31 bits per heavy atom. The first-order valence-electron chi connectivity index (χ1n) is 10.6. The molecule has 10 N–H and O–H groups in total. The van der Waals surface area contributed by atoms with E-state index in [4.69, 9.17) is 27.4 Å². The maximum Gasteiger partial charge on any atom is 0.328 e. The number of carboxylic acids is 1. The minimum Gasteiger partial charge on any atom is -0.480 e. The van der Waals surface area contributed by atoms with Gasteiger partial charge in [0, 0.05) is 13.0 Å². The highest BCUT2D eigenvalue weighted by Gasteiger charge is 2.39. The number of rotatable bonds is 14. The quantitative estimate of drug-likeness (QED) is 0.129. The van der Waals surface area contributed by atoms with Gasteiger partial charge < -0.3 is 42.9 Å². The van der Waals surface area contributed by atoms with Gasteiger partial charge >= 0.3 is 5.97 Å². The third-order valence-corrected chi connectivity index (χ3v) is 5.24. The summed E-state index contributed by atoms with van der Waals surface area (Å²) in [5.74, 6) is -3.96. The summed E-state index contributed by atoms with van der Waals surface area (Å²) in [6, 6.07) is -4.47. The number of carbonyl (C=O) groups excluding carboxylic acids is 4. The number of nitrogens with zero attached hydrogens (tertiary/aromatic N) is 1. The minimum atomic E-state index is -1.50. The molecule has 1 heterocycles. The molecule has 4 atom stereocenters. The van der Waals surface area contributed by atoms with E-state index in [1.54, 1.807) is 0 Å². The summed E-state index contributed by atoms with van der Waals surface area (Å²) in [5, 5.41) is 22.9. The summed E-state index contributed by atoms with van der Waals surface area (Å²) in [4.78, 5) is 61.7. The van der Waals surface area contributed by atoms with Crippen LogP contribution >= 0.6 is 0 Å². The molecule has 0 radical (unpaired) electrons. The lowest BCUT2D eigenvalue weighted by atomic mass is 10.1. The van der Waals surface area contributed by atoms with Gasteiger partial charge in [-0.15, -0.1) is 0 Å². The number of hydrogen-bond acceptors (Lipinski definition) is 8. The molecule has 4 unspecified atom stereocenters. The topological polar surface area (TPSA) is 231 Å². The van der Waals surface area contributed by atoms with E-state index in [1.807, 2.05) is 0 Å². The Balaban J connectivity index is 2.90. The Labute approximate surface area is 186 Å². The van der Waals surface area contributed by atoms with Crippen LogP contribution in [0.1, 0.15) is 44.9 Å². The zero-order valence-electron chi connectivity index (χ0n) is 18.0. The number of carboxylic acid groups (broad SMARTS) is 1. The van der Waals surface area contributed by atoms with Crippen molar-refractivity contribution in [2.75, 3.05) is 19.7 Å². The van der Waals surface area contributed by atoms with Crippen molar-refractivity contribution in [1.82, 2.24) is 15.5 Å². The maximum atomic E-state index is 13.1. The predicted molar refractivity (Wildman–Crippen MR) is 113 cm³/mol. The molecule has 13 heteroatoms. The van der Waals surface area contributed by atoms with E-state index in [0.717, 1.165) is 0 Å². The van der Waals surface area contributed by atoms with E-state index < -0.39 is 60.4 Å². The zero-order valence-corrected chi connectivity index (χ0v) is 18.0. The summed E-state index contributed by atoms with van der Waals surface area (Å²) in [6.45, 7) is -0.133. The maximum absolute atomic E-state index is 13.1. The molecule has 1 saturated heterocycles. The summed E-state index contributed by atoms with van der Waals surface area (Å²) in [5.41, 5.74) is 16.5. The van der Waals surface area contributed by atoms with E-state index in [-0.39, 0.29) is 25.8 Å². The number of hydrogen-bond donors (Lipinski definition) is 7. The van der Waals surface area contributed by atoms with E-state index in [0.29, 0.717) is 32.2 Å². The summed E-state index contributed by atoms with van der Waals surface area (Å²) in [6.07, 6.45) is 2.21. The van der Waals surface area contributed by atoms with Crippen molar-refractivity contribution in [3.63, 3.8) is 0 Å². The number of primary amides is 1. The van der Waals surface area contributed by atoms with Crippen LogP contribution in [0.2, 0.25) is 0 Å². The second-order valence-corrected chi connectivity index (χ2v) is 7.73. The molecule has 32 heavy (non-hydrogen) atoms. The lowest BCUT2D eigenvalue weighted by molar-refractivity contribution is -0.145. The van der Waals surface area contributed by atoms with Gasteiger partial charge in [0.05, 0.1) is 12.6 Å². The van der Waals surface area contributed by atoms with Crippen molar-refractivity contribution in [3.05, 3.63) is 0 Å².